The minimum Gasteiger partial charge on any atom is -0.339 e. The maximum Gasteiger partial charge on any atom is 0.252 e. The van der Waals surface area contributed by atoms with Gasteiger partial charge in [-0.3, -0.25) is 9.69 Å². The first-order valence-electron chi connectivity index (χ1n) is 9.67. The first-order valence-corrected chi connectivity index (χ1v) is 12.3. The number of benzene rings is 1. The number of hydrogen-bond acceptors (Lipinski definition) is 5. The first-order chi connectivity index (χ1) is 13.9. The Kier molecular flexibility index (Phi) is 5.99. The van der Waals surface area contributed by atoms with Crippen LogP contribution < -0.4 is 0 Å². The second-order valence-corrected chi connectivity index (χ2v) is 11.4. The predicted molar refractivity (Wildman–Crippen MR) is 115 cm³/mol. The second kappa shape index (κ2) is 8.35. The summed E-state index contributed by atoms with van der Waals surface area (Å²) in [4.78, 5) is 16.7. The van der Waals surface area contributed by atoms with E-state index in [2.05, 4.69) is 23.1 Å². The summed E-state index contributed by atoms with van der Waals surface area (Å²) in [5.41, 5.74) is 2.68. The highest BCUT2D eigenvalue weighted by molar-refractivity contribution is 7.91. The van der Waals surface area contributed by atoms with Crippen LogP contribution in [0.2, 0.25) is 4.34 Å². The van der Waals surface area contributed by atoms with Crippen LogP contribution in [0.5, 0.6) is 0 Å². The van der Waals surface area contributed by atoms with E-state index < -0.39 is 10.0 Å². The molecule has 1 fully saturated rings. The molecule has 0 radical (unpaired) electrons. The van der Waals surface area contributed by atoms with Crippen LogP contribution in [0.3, 0.4) is 0 Å². The molecule has 1 aliphatic carbocycles. The average molecular weight is 454 g/mol. The van der Waals surface area contributed by atoms with Crippen molar-refractivity contribution in [3.8, 4) is 0 Å². The van der Waals surface area contributed by atoms with Crippen LogP contribution >= 0.6 is 22.9 Å². The molecule has 0 saturated carbocycles. The molecule has 1 atom stereocenters. The molecule has 29 heavy (non-hydrogen) atoms. The average Bonchev–Trinajstić information content (AvgIpc) is 3.34. The van der Waals surface area contributed by atoms with E-state index in [0.717, 1.165) is 24.2 Å². The maximum absolute atomic E-state index is 12.8. The number of carbonyl (C=O) groups is 1. The van der Waals surface area contributed by atoms with Crippen molar-refractivity contribution in [1.82, 2.24) is 14.1 Å². The molecule has 1 unspecified atom stereocenters. The highest BCUT2D eigenvalue weighted by atomic mass is 35.5. The Bertz CT molecular complexity index is 1000. The standard InChI is InChI=1S/C20H24ClN3O3S2/c1-22(17-7-6-15-4-2-3-5-16(15)17)14-19(25)23-10-12-24(13-11-23)29(26,27)20-9-8-18(21)28-20/h2-5,8-9,17H,6-7,10-14H2,1H3. The summed E-state index contributed by atoms with van der Waals surface area (Å²) in [5.74, 6) is 0.0492. The largest absolute Gasteiger partial charge is 0.339 e. The number of hydrogen-bond donors (Lipinski definition) is 0. The second-order valence-electron chi connectivity index (χ2n) is 7.51. The molecule has 1 aromatic carbocycles. The molecule has 1 amide bonds. The predicted octanol–water partition coefficient (Wildman–Crippen LogP) is 2.85. The molecule has 2 aliphatic rings. The van der Waals surface area contributed by atoms with Gasteiger partial charge in [0.1, 0.15) is 4.21 Å². The molecule has 1 saturated heterocycles. The Hall–Kier alpha value is -1.45. The van der Waals surface area contributed by atoms with Crippen molar-refractivity contribution in [3.63, 3.8) is 0 Å². The maximum atomic E-state index is 12.8. The number of halogens is 1. The monoisotopic (exact) mass is 453 g/mol. The number of nitrogens with zero attached hydrogens (tertiary/aromatic N) is 3. The lowest BCUT2D eigenvalue weighted by Crippen LogP contribution is -2.52. The summed E-state index contributed by atoms with van der Waals surface area (Å²) in [6.45, 7) is 1.77. The van der Waals surface area contributed by atoms with Gasteiger partial charge < -0.3 is 4.90 Å². The van der Waals surface area contributed by atoms with Gasteiger partial charge in [0.2, 0.25) is 5.91 Å². The molecule has 2 aromatic rings. The third kappa shape index (κ3) is 4.22. The first kappa shape index (κ1) is 20.8. The fourth-order valence-electron chi connectivity index (χ4n) is 4.16. The van der Waals surface area contributed by atoms with E-state index in [0.29, 0.717) is 37.1 Å². The molecule has 0 bridgehead atoms. The summed E-state index contributed by atoms with van der Waals surface area (Å²) in [6, 6.07) is 11.8. The lowest BCUT2D eigenvalue weighted by molar-refractivity contribution is -0.133. The van der Waals surface area contributed by atoms with Crippen LogP contribution in [0.4, 0.5) is 0 Å². The van der Waals surface area contributed by atoms with Gasteiger partial charge in [-0.2, -0.15) is 4.31 Å². The van der Waals surface area contributed by atoms with Crippen LogP contribution in [-0.4, -0.2) is 68.2 Å². The zero-order valence-corrected chi connectivity index (χ0v) is 18.6. The van der Waals surface area contributed by atoms with E-state index in [9.17, 15) is 13.2 Å². The van der Waals surface area contributed by atoms with Crippen LogP contribution in [-0.2, 0) is 21.2 Å². The van der Waals surface area contributed by atoms with Crippen LogP contribution in [0, 0.1) is 0 Å². The number of likely N-dealkylation sites (N-methyl/N-ethyl adjacent to an activating group) is 1. The molecule has 1 aliphatic heterocycles. The highest BCUT2D eigenvalue weighted by Gasteiger charge is 2.32. The number of sulfonamides is 1. The van der Waals surface area contributed by atoms with E-state index in [1.165, 1.54) is 21.5 Å². The molecule has 1 aromatic heterocycles. The Morgan fingerprint density at radius 1 is 1.17 bits per heavy atom. The Morgan fingerprint density at radius 2 is 1.90 bits per heavy atom. The van der Waals surface area contributed by atoms with Crippen molar-refractivity contribution >= 4 is 38.9 Å². The zero-order valence-electron chi connectivity index (χ0n) is 16.3. The van der Waals surface area contributed by atoms with Crippen molar-refractivity contribution in [3.05, 3.63) is 51.9 Å². The minimum atomic E-state index is -3.54. The van der Waals surface area contributed by atoms with E-state index in [1.54, 1.807) is 11.0 Å². The summed E-state index contributed by atoms with van der Waals surface area (Å²) >= 11 is 6.94. The molecular formula is C20H24ClN3O3S2. The van der Waals surface area contributed by atoms with E-state index in [-0.39, 0.29) is 16.2 Å². The fourth-order valence-corrected chi connectivity index (χ4v) is 7.22. The number of fused-ring (bicyclic) bond motifs is 1. The topological polar surface area (TPSA) is 60.9 Å². The molecule has 0 spiro atoms. The number of rotatable bonds is 5. The van der Waals surface area contributed by atoms with Gasteiger partial charge in [0, 0.05) is 32.2 Å². The van der Waals surface area contributed by atoms with Gasteiger partial charge in [-0.05, 0) is 43.1 Å². The summed E-state index contributed by atoms with van der Waals surface area (Å²) in [7, 11) is -1.55. The molecule has 6 nitrogen and oxygen atoms in total. The van der Waals surface area contributed by atoms with Gasteiger partial charge in [-0.1, -0.05) is 35.9 Å². The zero-order chi connectivity index (χ0) is 20.6. The van der Waals surface area contributed by atoms with Gasteiger partial charge in [-0.25, -0.2) is 8.42 Å². The van der Waals surface area contributed by atoms with Gasteiger partial charge >= 0.3 is 0 Å². The summed E-state index contributed by atoms with van der Waals surface area (Å²) in [5, 5.41) is 0. The SMILES string of the molecule is CN(CC(=O)N1CCN(S(=O)(=O)c2ccc(Cl)s2)CC1)C1CCc2ccccc21. The quantitative estimate of drug-likeness (QED) is 0.698. The number of aryl methyl sites for hydroxylation is 1. The number of carbonyl (C=O) groups excluding carboxylic acids is 1. The smallest absolute Gasteiger partial charge is 0.252 e. The fraction of sp³-hybridized carbons (Fsp3) is 0.450. The molecule has 0 N–H and O–H groups in total. The van der Waals surface area contributed by atoms with Gasteiger partial charge in [-0.15, -0.1) is 11.3 Å². The lowest BCUT2D eigenvalue weighted by atomic mass is 10.1. The van der Waals surface area contributed by atoms with E-state index >= 15 is 0 Å². The molecule has 156 valence electrons. The van der Waals surface area contributed by atoms with Crippen molar-refractivity contribution in [2.24, 2.45) is 0 Å². The third-order valence-electron chi connectivity index (χ3n) is 5.75. The lowest BCUT2D eigenvalue weighted by Gasteiger charge is -2.35. The van der Waals surface area contributed by atoms with Gasteiger partial charge in [0.15, 0.2) is 0 Å². The van der Waals surface area contributed by atoms with Crippen molar-refractivity contribution in [2.45, 2.75) is 23.1 Å². The molecule has 9 heteroatoms. The van der Waals surface area contributed by atoms with Crippen molar-refractivity contribution in [1.29, 1.82) is 0 Å². The van der Waals surface area contributed by atoms with Gasteiger partial charge in [0.05, 0.1) is 10.9 Å². The molecular weight excluding hydrogens is 430 g/mol. The number of amides is 1. The van der Waals surface area contributed by atoms with Gasteiger partial charge in [0.25, 0.3) is 10.0 Å². The van der Waals surface area contributed by atoms with Crippen LogP contribution in [0.1, 0.15) is 23.6 Å². The number of thiophene rings is 1. The van der Waals surface area contributed by atoms with E-state index in [4.69, 9.17) is 11.6 Å². The minimum absolute atomic E-state index is 0.0492. The van der Waals surface area contributed by atoms with E-state index in [1.807, 2.05) is 13.1 Å². The third-order valence-corrected chi connectivity index (χ3v) is 9.35. The highest BCUT2D eigenvalue weighted by Crippen LogP contribution is 2.34. The number of piperazine rings is 1. The molecule has 2 heterocycles. The Labute approximate surface area is 180 Å². The Balaban J connectivity index is 1.34. The normalized spacial score (nSPS) is 20.2. The summed E-state index contributed by atoms with van der Waals surface area (Å²) < 4.78 is 27.6. The Morgan fingerprint density at radius 3 is 2.59 bits per heavy atom. The molecule has 4 rings (SSSR count). The summed E-state index contributed by atoms with van der Waals surface area (Å²) in [6.07, 6.45) is 2.07. The van der Waals surface area contributed by atoms with Crippen LogP contribution in [0.15, 0.2) is 40.6 Å². The van der Waals surface area contributed by atoms with Crippen molar-refractivity contribution in [2.75, 3.05) is 39.8 Å². The van der Waals surface area contributed by atoms with Crippen LogP contribution in [0.25, 0.3) is 0 Å². The van der Waals surface area contributed by atoms with Crippen molar-refractivity contribution < 1.29 is 13.2 Å².